The molecule has 0 saturated carbocycles. The molecular formula is C29H26Cl2N4O4. The van der Waals surface area contributed by atoms with Gasteiger partial charge in [-0.2, -0.15) is 5.10 Å². The van der Waals surface area contributed by atoms with Crippen molar-refractivity contribution in [3.05, 3.63) is 99.2 Å². The maximum atomic E-state index is 13.1. The first-order chi connectivity index (χ1) is 18.8. The lowest BCUT2D eigenvalue weighted by Gasteiger charge is -2.32. The van der Waals surface area contributed by atoms with Crippen LogP contribution in [-0.2, 0) is 11.2 Å². The fourth-order valence-corrected chi connectivity index (χ4v) is 5.57. The second kappa shape index (κ2) is 11.5. The average molecular weight is 565 g/mol. The van der Waals surface area contributed by atoms with Crippen LogP contribution in [0.3, 0.4) is 0 Å². The molecule has 10 heteroatoms. The molecule has 0 spiro atoms. The number of aromatic amines is 1. The monoisotopic (exact) mass is 564 g/mol. The minimum Gasteiger partial charge on any atom is -0.480 e. The molecule has 3 N–H and O–H groups in total. The highest BCUT2D eigenvalue weighted by Gasteiger charge is 2.28. The molecule has 4 aromatic rings. The minimum absolute atomic E-state index is 0.0488. The van der Waals surface area contributed by atoms with Gasteiger partial charge in [-0.25, -0.2) is 4.79 Å². The fraction of sp³-hybridized carbons (Fsp3) is 0.241. The molecule has 1 saturated heterocycles. The Balaban J connectivity index is 1.19. The van der Waals surface area contributed by atoms with Crippen LogP contribution in [0.25, 0.3) is 10.9 Å². The normalized spacial score (nSPS) is 14.8. The van der Waals surface area contributed by atoms with E-state index in [9.17, 15) is 19.5 Å². The van der Waals surface area contributed by atoms with Crippen LogP contribution in [0.5, 0.6) is 0 Å². The number of H-pyrrole nitrogens is 1. The van der Waals surface area contributed by atoms with E-state index in [2.05, 4.69) is 15.5 Å². The maximum Gasteiger partial charge on any atom is 0.326 e. The standard InChI is InChI=1S/C29H26Cl2N4O4/c30-21-5-3-6-22(31)25(21)27(36)32-24(29(38)39)16-17-8-10-18(11-9-17)19-12-14-35(15-13-19)28(37)26-20-4-1-2-7-23(20)33-34-26/h1-11,19,24H,12-16H2,(H,32,36)(H,33,34)(H,38,39)/t24-/m0/s1. The molecule has 1 aromatic heterocycles. The number of rotatable bonds is 7. The number of para-hydroxylation sites is 1. The molecule has 1 fully saturated rings. The van der Waals surface area contributed by atoms with Crippen molar-refractivity contribution < 1.29 is 19.5 Å². The van der Waals surface area contributed by atoms with Crippen molar-refractivity contribution in [1.82, 2.24) is 20.4 Å². The van der Waals surface area contributed by atoms with Crippen LogP contribution < -0.4 is 5.32 Å². The maximum absolute atomic E-state index is 13.1. The van der Waals surface area contributed by atoms with Gasteiger partial charge in [0.25, 0.3) is 11.8 Å². The molecule has 8 nitrogen and oxygen atoms in total. The minimum atomic E-state index is -1.16. The number of hydrogen-bond donors (Lipinski definition) is 3. The van der Waals surface area contributed by atoms with Gasteiger partial charge in [-0.15, -0.1) is 0 Å². The first kappa shape index (κ1) is 26.7. The number of aromatic nitrogens is 2. The topological polar surface area (TPSA) is 115 Å². The summed E-state index contributed by atoms with van der Waals surface area (Å²) in [6.07, 6.45) is 1.74. The Kier molecular flexibility index (Phi) is 7.86. The summed E-state index contributed by atoms with van der Waals surface area (Å²) < 4.78 is 0. The number of nitrogens with one attached hydrogen (secondary N) is 2. The van der Waals surface area contributed by atoms with Gasteiger partial charge in [0, 0.05) is 24.9 Å². The predicted octanol–water partition coefficient (Wildman–Crippen LogP) is 5.32. The molecule has 3 aromatic carbocycles. The number of amides is 2. The van der Waals surface area contributed by atoms with Gasteiger partial charge in [0.1, 0.15) is 6.04 Å². The third-order valence-electron chi connectivity index (χ3n) is 7.14. The zero-order valence-electron chi connectivity index (χ0n) is 20.9. The summed E-state index contributed by atoms with van der Waals surface area (Å²) in [5.41, 5.74) is 3.25. The molecule has 0 radical (unpaired) electrons. The summed E-state index contributed by atoms with van der Waals surface area (Å²) in [5.74, 6) is -1.58. The molecule has 0 bridgehead atoms. The first-order valence-electron chi connectivity index (χ1n) is 12.6. The van der Waals surface area contributed by atoms with Gasteiger partial charge in [0.05, 0.1) is 21.1 Å². The average Bonchev–Trinajstić information content (AvgIpc) is 3.37. The Bertz CT molecular complexity index is 1510. The van der Waals surface area contributed by atoms with Crippen molar-refractivity contribution in [2.24, 2.45) is 0 Å². The molecule has 1 atom stereocenters. The molecule has 200 valence electrons. The number of carbonyl (C=O) groups excluding carboxylic acids is 2. The van der Waals surface area contributed by atoms with E-state index in [-0.39, 0.29) is 33.9 Å². The SMILES string of the molecule is O=C(N[C@@H](Cc1ccc(C2CCN(C(=O)c3n[nH]c4ccccc34)CC2)cc1)C(=O)O)c1c(Cl)cccc1Cl. The summed E-state index contributed by atoms with van der Waals surface area (Å²) >= 11 is 12.2. The van der Waals surface area contributed by atoms with Crippen molar-refractivity contribution in [2.45, 2.75) is 31.2 Å². The first-order valence-corrected chi connectivity index (χ1v) is 13.4. The Labute approximate surface area is 234 Å². The number of carbonyl (C=O) groups is 3. The largest absolute Gasteiger partial charge is 0.480 e. The lowest BCUT2D eigenvalue weighted by atomic mass is 9.88. The zero-order valence-corrected chi connectivity index (χ0v) is 22.4. The number of fused-ring (bicyclic) bond motifs is 1. The summed E-state index contributed by atoms with van der Waals surface area (Å²) in [6.45, 7) is 1.26. The van der Waals surface area contributed by atoms with Crippen molar-refractivity contribution >= 4 is 51.9 Å². The molecule has 5 rings (SSSR count). The van der Waals surface area contributed by atoms with Gasteiger partial charge in [-0.3, -0.25) is 14.7 Å². The Hall–Kier alpha value is -3.88. The van der Waals surface area contributed by atoms with E-state index in [0.29, 0.717) is 18.8 Å². The zero-order chi connectivity index (χ0) is 27.5. The number of hydrogen-bond acceptors (Lipinski definition) is 4. The summed E-state index contributed by atoms with van der Waals surface area (Å²) in [4.78, 5) is 39.5. The Morgan fingerprint density at radius 1 is 0.974 bits per heavy atom. The number of likely N-dealkylation sites (tertiary alicyclic amines) is 1. The van der Waals surface area contributed by atoms with Gasteiger partial charge in [-0.05, 0) is 48.1 Å². The van der Waals surface area contributed by atoms with E-state index >= 15 is 0 Å². The molecule has 2 amide bonds. The van der Waals surface area contributed by atoms with Crippen molar-refractivity contribution in [2.75, 3.05) is 13.1 Å². The quantitative estimate of drug-likeness (QED) is 0.281. The highest BCUT2D eigenvalue weighted by molar-refractivity contribution is 6.39. The van der Waals surface area contributed by atoms with Crippen LogP contribution in [0.2, 0.25) is 10.0 Å². The summed E-state index contributed by atoms with van der Waals surface area (Å²) in [7, 11) is 0. The third-order valence-corrected chi connectivity index (χ3v) is 7.77. The Morgan fingerprint density at radius 2 is 1.64 bits per heavy atom. The molecule has 0 unspecified atom stereocenters. The van der Waals surface area contributed by atoms with Crippen molar-refractivity contribution in [3.8, 4) is 0 Å². The highest BCUT2D eigenvalue weighted by Crippen LogP contribution is 2.30. The predicted molar refractivity (Wildman–Crippen MR) is 149 cm³/mol. The number of aliphatic carboxylic acids is 1. The van der Waals surface area contributed by atoms with Crippen molar-refractivity contribution in [1.29, 1.82) is 0 Å². The fourth-order valence-electron chi connectivity index (χ4n) is 5.00. The second-order valence-corrected chi connectivity index (χ2v) is 10.4. The number of piperidine rings is 1. The van der Waals surface area contributed by atoms with Gasteiger partial charge in [0.2, 0.25) is 0 Å². The number of nitrogens with zero attached hydrogens (tertiary/aromatic N) is 2. The summed E-state index contributed by atoms with van der Waals surface area (Å²) in [6, 6.07) is 18.8. The van der Waals surface area contributed by atoms with Crippen LogP contribution in [0.15, 0.2) is 66.7 Å². The van der Waals surface area contributed by atoms with Gasteiger partial charge in [0.15, 0.2) is 5.69 Å². The van der Waals surface area contributed by atoms with E-state index in [1.54, 1.807) is 6.07 Å². The smallest absolute Gasteiger partial charge is 0.326 e. The van der Waals surface area contributed by atoms with Gasteiger partial charge >= 0.3 is 5.97 Å². The number of carboxylic acids is 1. The number of carboxylic acid groups (broad SMARTS) is 1. The second-order valence-electron chi connectivity index (χ2n) is 9.59. The molecule has 2 heterocycles. The van der Waals surface area contributed by atoms with Crippen LogP contribution >= 0.6 is 23.2 Å². The van der Waals surface area contributed by atoms with E-state index < -0.39 is 17.9 Å². The van der Waals surface area contributed by atoms with Crippen LogP contribution in [0.4, 0.5) is 0 Å². The van der Waals surface area contributed by atoms with Gasteiger partial charge in [-0.1, -0.05) is 71.7 Å². The van der Waals surface area contributed by atoms with Crippen LogP contribution in [0.1, 0.15) is 50.7 Å². The van der Waals surface area contributed by atoms with Crippen molar-refractivity contribution in [3.63, 3.8) is 0 Å². The Morgan fingerprint density at radius 3 is 2.31 bits per heavy atom. The van der Waals surface area contributed by atoms with E-state index in [1.807, 2.05) is 53.4 Å². The molecular weight excluding hydrogens is 539 g/mol. The van der Waals surface area contributed by atoms with E-state index in [0.717, 1.165) is 34.9 Å². The van der Waals surface area contributed by atoms with E-state index in [1.165, 1.54) is 12.1 Å². The third kappa shape index (κ3) is 5.77. The number of halogens is 2. The van der Waals surface area contributed by atoms with Gasteiger partial charge < -0.3 is 15.3 Å². The van der Waals surface area contributed by atoms with Crippen LogP contribution in [-0.4, -0.2) is 57.1 Å². The lowest BCUT2D eigenvalue weighted by Crippen LogP contribution is -2.42. The molecule has 1 aliphatic heterocycles. The molecule has 1 aliphatic rings. The van der Waals surface area contributed by atoms with Crippen LogP contribution in [0, 0.1) is 0 Å². The molecule has 0 aliphatic carbocycles. The number of benzene rings is 3. The molecule has 39 heavy (non-hydrogen) atoms. The lowest BCUT2D eigenvalue weighted by molar-refractivity contribution is -0.139. The summed E-state index contributed by atoms with van der Waals surface area (Å²) in [5, 5.41) is 20.5. The van der Waals surface area contributed by atoms with E-state index in [4.69, 9.17) is 23.2 Å². The highest BCUT2D eigenvalue weighted by atomic mass is 35.5.